The van der Waals surface area contributed by atoms with Crippen LogP contribution in [0.4, 0.5) is 0 Å². The van der Waals surface area contributed by atoms with Crippen LogP contribution in [0.1, 0.15) is 57.6 Å². The number of benzene rings is 1. The Kier molecular flexibility index (Phi) is 8.00. The summed E-state index contributed by atoms with van der Waals surface area (Å²) in [6.07, 6.45) is 4.25. The van der Waals surface area contributed by atoms with E-state index in [4.69, 9.17) is 4.74 Å². The maximum absolute atomic E-state index is 12.2. The van der Waals surface area contributed by atoms with Gasteiger partial charge in [-0.1, -0.05) is 45.2 Å². The van der Waals surface area contributed by atoms with E-state index in [1.165, 1.54) is 19.3 Å². The van der Waals surface area contributed by atoms with E-state index >= 15 is 0 Å². The van der Waals surface area contributed by atoms with E-state index in [-0.39, 0.29) is 5.91 Å². The van der Waals surface area contributed by atoms with E-state index in [0.29, 0.717) is 5.92 Å². The summed E-state index contributed by atoms with van der Waals surface area (Å²) in [6, 6.07) is 6.05. The summed E-state index contributed by atoms with van der Waals surface area (Å²) in [4.78, 5) is 12.2. The van der Waals surface area contributed by atoms with Gasteiger partial charge in [-0.25, -0.2) is 0 Å². The third kappa shape index (κ3) is 6.08. The fourth-order valence-corrected chi connectivity index (χ4v) is 2.41. The SMILES string of the molecule is CCCC[C@@H](CC)CNC(=O)[C@H](C)Oc1cc(C)ccc1C. The van der Waals surface area contributed by atoms with Crippen LogP contribution in [-0.4, -0.2) is 18.6 Å². The standard InChI is InChI=1S/C19H31NO2/c1-6-8-9-17(7-2)13-20-19(21)16(5)22-18-12-14(3)10-11-15(18)4/h10-12,16-17H,6-9,13H2,1-5H3,(H,20,21)/t16-,17+/m0/s1. The van der Waals surface area contributed by atoms with Crippen LogP contribution in [0.25, 0.3) is 0 Å². The zero-order chi connectivity index (χ0) is 16.5. The summed E-state index contributed by atoms with van der Waals surface area (Å²) in [5, 5.41) is 3.03. The first-order valence-corrected chi connectivity index (χ1v) is 8.49. The zero-order valence-electron chi connectivity index (χ0n) is 14.7. The van der Waals surface area contributed by atoms with Crippen molar-refractivity contribution in [2.45, 2.75) is 66.4 Å². The monoisotopic (exact) mass is 305 g/mol. The number of nitrogens with one attached hydrogen (secondary N) is 1. The van der Waals surface area contributed by atoms with Gasteiger partial charge in [-0.05, 0) is 50.3 Å². The van der Waals surface area contributed by atoms with Crippen LogP contribution in [0.15, 0.2) is 18.2 Å². The molecule has 0 unspecified atom stereocenters. The third-order valence-electron chi connectivity index (χ3n) is 4.12. The Hall–Kier alpha value is -1.51. The molecule has 1 amide bonds. The summed E-state index contributed by atoms with van der Waals surface area (Å²) in [5.74, 6) is 1.33. The number of hydrogen-bond acceptors (Lipinski definition) is 2. The van der Waals surface area contributed by atoms with Crippen LogP contribution < -0.4 is 10.1 Å². The highest BCUT2D eigenvalue weighted by Crippen LogP contribution is 2.20. The van der Waals surface area contributed by atoms with Crippen molar-refractivity contribution in [2.75, 3.05) is 6.54 Å². The average Bonchev–Trinajstić information content (AvgIpc) is 2.50. The van der Waals surface area contributed by atoms with Crippen molar-refractivity contribution < 1.29 is 9.53 Å². The molecule has 0 spiro atoms. The fraction of sp³-hybridized carbons (Fsp3) is 0.632. The molecular weight excluding hydrogens is 274 g/mol. The Morgan fingerprint density at radius 2 is 2.00 bits per heavy atom. The highest BCUT2D eigenvalue weighted by molar-refractivity contribution is 5.80. The lowest BCUT2D eigenvalue weighted by atomic mass is 9.99. The Labute approximate surface area is 135 Å². The first-order chi connectivity index (χ1) is 10.5. The van der Waals surface area contributed by atoms with Crippen LogP contribution in [-0.2, 0) is 4.79 Å². The molecule has 1 aromatic carbocycles. The van der Waals surface area contributed by atoms with Crippen LogP contribution in [0.3, 0.4) is 0 Å². The van der Waals surface area contributed by atoms with Gasteiger partial charge >= 0.3 is 0 Å². The molecule has 0 radical (unpaired) electrons. The van der Waals surface area contributed by atoms with E-state index in [2.05, 4.69) is 19.2 Å². The second kappa shape index (κ2) is 9.50. The molecule has 0 bridgehead atoms. The predicted octanol–water partition coefficient (Wildman–Crippen LogP) is 4.40. The quantitative estimate of drug-likeness (QED) is 0.734. The summed E-state index contributed by atoms with van der Waals surface area (Å²) < 4.78 is 5.82. The van der Waals surface area contributed by atoms with Gasteiger partial charge in [0.2, 0.25) is 0 Å². The van der Waals surface area contributed by atoms with Crippen LogP contribution in [0, 0.1) is 19.8 Å². The first-order valence-electron chi connectivity index (χ1n) is 8.49. The van der Waals surface area contributed by atoms with Gasteiger partial charge in [0, 0.05) is 6.54 Å². The molecule has 0 aliphatic carbocycles. The average molecular weight is 305 g/mol. The molecule has 0 saturated heterocycles. The molecule has 124 valence electrons. The second-order valence-corrected chi connectivity index (χ2v) is 6.19. The van der Waals surface area contributed by atoms with Crippen molar-refractivity contribution in [1.29, 1.82) is 0 Å². The van der Waals surface area contributed by atoms with Gasteiger partial charge in [0.1, 0.15) is 5.75 Å². The Bertz CT molecular complexity index is 471. The van der Waals surface area contributed by atoms with Crippen molar-refractivity contribution in [1.82, 2.24) is 5.32 Å². The van der Waals surface area contributed by atoms with Gasteiger partial charge in [0.25, 0.3) is 5.91 Å². The van der Waals surface area contributed by atoms with E-state index in [1.807, 2.05) is 39.0 Å². The number of rotatable bonds is 9. The molecule has 0 aromatic heterocycles. The van der Waals surface area contributed by atoms with Gasteiger partial charge in [-0.15, -0.1) is 0 Å². The minimum absolute atomic E-state index is 0.0316. The molecule has 0 heterocycles. The third-order valence-corrected chi connectivity index (χ3v) is 4.12. The summed E-state index contributed by atoms with van der Waals surface area (Å²) in [6.45, 7) is 11.0. The number of ether oxygens (including phenoxy) is 1. The van der Waals surface area contributed by atoms with Gasteiger partial charge in [-0.3, -0.25) is 4.79 Å². The largest absolute Gasteiger partial charge is 0.481 e. The van der Waals surface area contributed by atoms with Gasteiger partial charge in [0.15, 0.2) is 6.10 Å². The molecule has 0 fully saturated rings. The van der Waals surface area contributed by atoms with E-state index in [0.717, 1.165) is 29.8 Å². The molecule has 1 N–H and O–H groups in total. The molecule has 1 rings (SSSR count). The van der Waals surface area contributed by atoms with Crippen molar-refractivity contribution >= 4 is 5.91 Å². The minimum atomic E-state index is -0.468. The van der Waals surface area contributed by atoms with Crippen LogP contribution >= 0.6 is 0 Å². The molecule has 1 aromatic rings. The number of aryl methyl sites for hydroxylation is 2. The smallest absolute Gasteiger partial charge is 0.260 e. The lowest BCUT2D eigenvalue weighted by molar-refractivity contribution is -0.127. The normalized spacial score (nSPS) is 13.5. The summed E-state index contributed by atoms with van der Waals surface area (Å²) in [7, 11) is 0. The van der Waals surface area contributed by atoms with Crippen molar-refractivity contribution in [2.24, 2.45) is 5.92 Å². The number of hydrogen-bond donors (Lipinski definition) is 1. The molecular formula is C19H31NO2. The zero-order valence-corrected chi connectivity index (χ0v) is 14.7. The molecule has 3 nitrogen and oxygen atoms in total. The molecule has 0 aliphatic heterocycles. The van der Waals surface area contributed by atoms with E-state index < -0.39 is 6.10 Å². The Morgan fingerprint density at radius 1 is 1.27 bits per heavy atom. The fourth-order valence-electron chi connectivity index (χ4n) is 2.41. The van der Waals surface area contributed by atoms with E-state index in [9.17, 15) is 4.79 Å². The lowest BCUT2D eigenvalue weighted by Crippen LogP contribution is -2.39. The Balaban J connectivity index is 2.49. The summed E-state index contributed by atoms with van der Waals surface area (Å²) >= 11 is 0. The number of unbranched alkanes of at least 4 members (excludes halogenated alkanes) is 1. The maximum atomic E-state index is 12.2. The topological polar surface area (TPSA) is 38.3 Å². The minimum Gasteiger partial charge on any atom is -0.481 e. The molecule has 0 saturated carbocycles. The number of carbonyl (C=O) groups excluding carboxylic acids is 1. The molecule has 22 heavy (non-hydrogen) atoms. The van der Waals surface area contributed by atoms with Crippen LogP contribution in [0.2, 0.25) is 0 Å². The van der Waals surface area contributed by atoms with Crippen LogP contribution in [0.5, 0.6) is 5.75 Å². The highest BCUT2D eigenvalue weighted by Gasteiger charge is 2.17. The first kappa shape index (κ1) is 18.5. The maximum Gasteiger partial charge on any atom is 0.260 e. The van der Waals surface area contributed by atoms with Gasteiger partial charge < -0.3 is 10.1 Å². The second-order valence-electron chi connectivity index (χ2n) is 6.19. The predicted molar refractivity (Wildman–Crippen MR) is 92.3 cm³/mol. The van der Waals surface area contributed by atoms with Crippen molar-refractivity contribution in [3.8, 4) is 5.75 Å². The van der Waals surface area contributed by atoms with Crippen molar-refractivity contribution in [3.63, 3.8) is 0 Å². The summed E-state index contributed by atoms with van der Waals surface area (Å²) in [5.41, 5.74) is 2.19. The van der Waals surface area contributed by atoms with E-state index in [1.54, 1.807) is 0 Å². The van der Waals surface area contributed by atoms with Crippen molar-refractivity contribution in [3.05, 3.63) is 29.3 Å². The van der Waals surface area contributed by atoms with Gasteiger partial charge in [0.05, 0.1) is 0 Å². The molecule has 0 aliphatic rings. The number of carbonyl (C=O) groups is 1. The lowest BCUT2D eigenvalue weighted by Gasteiger charge is -2.19. The molecule has 2 atom stereocenters. The Morgan fingerprint density at radius 3 is 2.64 bits per heavy atom. The highest BCUT2D eigenvalue weighted by atomic mass is 16.5. The van der Waals surface area contributed by atoms with Gasteiger partial charge in [-0.2, -0.15) is 0 Å². The number of amides is 1. The molecule has 3 heteroatoms.